The Morgan fingerprint density at radius 2 is 1.50 bits per heavy atom. The third kappa shape index (κ3) is 3.05. The predicted octanol–water partition coefficient (Wildman–Crippen LogP) is 1.48. The first kappa shape index (κ1) is 16.6. The van der Waals surface area contributed by atoms with Crippen molar-refractivity contribution in [3.05, 3.63) is 0 Å². The number of rotatable bonds is 2. The number of hydrogen-bond donors (Lipinski definition) is 0. The van der Waals surface area contributed by atoms with E-state index in [1.54, 1.807) is 0 Å². The van der Waals surface area contributed by atoms with Crippen LogP contribution in [0.25, 0.3) is 0 Å². The molecule has 1 saturated carbocycles. The summed E-state index contributed by atoms with van der Waals surface area (Å²) >= 11 is 0. The van der Waals surface area contributed by atoms with Crippen LogP contribution in [0.4, 0.5) is 0 Å². The van der Waals surface area contributed by atoms with Gasteiger partial charge >= 0.3 is 0 Å². The molecular formula is C16H24N2O4. The van der Waals surface area contributed by atoms with E-state index in [1.807, 2.05) is 0 Å². The number of nitrogens with zero attached hydrogens (tertiary/aromatic N) is 2. The fourth-order valence-corrected chi connectivity index (χ4v) is 3.67. The highest BCUT2D eigenvalue weighted by Crippen LogP contribution is 2.31. The van der Waals surface area contributed by atoms with Gasteiger partial charge in [0.2, 0.25) is 11.8 Å². The van der Waals surface area contributed by atoms with Gasteiger partial charge in [-0.05, 0) is 19.3 Å². The summed E-state index contributed by atoms with van der Waals surface area (Å²) in [5, 5.41) is 0. The monoisotopic (exact) mass is 308 g/mol. The average Bonchev–Trinajstić information content (AvgIpc) is 2.45. The molecule has 0 aromatic rings. The molecule has 0 aromatic heterocycles. The van der Waals surface area contributed by atoms with Crippen molar-refractivity contribution in [3.8, 4) is 0 Å². The van der Waals surface area contributed by atoms with E-state index >= 15 is 0 Å². The molecule has 2 aliphatic rings. The third-order valence-electron chi connectivity index (χ3n) is 4.78. The lowest BCUT2D eigenvalue weighted by molar-refractivity contribution is -0.171. The van der Waals surface area contributed by atoms with Gasteiger partial charge < -0.3 is 0 Å². The normalized spacial score (nSPS) is 27.2. The van der Waals surface area contributed by atoms with Gasteiger partial charge in [0.1, 0.15) is 12.1 Å². The molecule has 22 heavy (non-hydrogen) atoms. The van der Waals surface area contributed by atoms with E-state index in [4.69, 9.17) is 0 Å². The first-order valence-electron chi connectivity index (χ1n) is 8.02. The van der Waals surface area contributed by atoms with Crippen molar-refractivity contribution < 1.29 is 19.2 Å². The second-order valence-corrected chi connectivity index (χ2v) is 6.39. The number of hydrogen-bond acceptors (Lipinski definition) is 4. The lowest BCUT2D eigenvalue weighted by Gasteiger charge is -2.42. The van der Waals surface area contributed by atoms with Crippen LogP contribution >= 0.6 is 0 Å². The SMILES string of the molecule is CC(=O)N1C(=O)[C@@H](CC2CCCCC2)N(C(C)=O)C(=O)[C@H]1C. The fourth-order valence-electron chi connectivity index (χ4n) is 3.67. The van der Waals surface area contributed by atoms with Gasteiger partial charge in [0.05, 0.1) is 0 Å². The topological polar surface area (TPSA) is 74.8 Å². The maximum atomic E-state index is 12.7. The highest BCUT2D eigenvalue weighted by Gasteiger charge is 2.47. The van der Waals surface area contributed by atoms with Crippen molar-refractivity contribution in [1.29, 1.82) is 0 Å². The average molecular weight is 308 g/mol. The predicted molar refractivity (Wildman–Crippen MR) is 79.5 cm³/mol. The van der Waals surface area contributed by atoms with Gasteiger partial charge in [-0.15, -0.1) is 0 Å². The number of piperazine rings is 1. The molecule has 1 aliphatic carbocycles. The molecular weight excluding hydrogens is 284 g/mol. The van der Waals surface area contributed by atoms with Gasteiger partial charge in [-0.3, -0.25) is 29.0 Å². The zero-order chi connectivity index (χ0) is 16.4. The van der Waals surface area contributed by atoms with Gasteiger partial charge in [0, 0.05) is 13.8 Å². The summed E-state index contributed by atoms with van der Waals surface area (Å²) in [6.07, 6.45) is 5.93. The number of imide groups is 2. The Hall–Kier alpha value is -1.72. The van der Waals surface area contributed by atoms with Crippen LogP contribution in [0.5, 0.6) is 0 Å². The first-order chi connectivity index (χ1) is 10.3. The summed E-state index contributed by atoms with van der Waals surface area (Å²) < 4.78 is 0. The van der Waals surface area contributed by atoms with Crippen molar-refractivity contribution >= 4 is 23.6 Å². The molecule has 4 amide bonds. The summed E-state index contributed by atoms with van der Waals surface area (Å²) in [7, 11) is 0. The van der Waals surface area contributed by atoms with Gasteiger partial charge in [-0.2, -0.15) is 0 Å². The second-order valence-electron chi connectivity index (χ2n) is 6.39. The minimum absolute atomic E-state index is 0.333. The lowest BCUT2D eigenvalue weighted by atomic mass is 9.83. The Morgan fingerprint density at radius 3 is 2.00 bits per heavy atom. The molecule has 122 valence electrons. The van der Waals surface area contributed by atoms with E-state index < -0.39 is 35.7 Å². The van der Waals surface area contributed by atoms with Crippen LogP contribution in [0.2, 0.25) is 0 Å². The molecule has 1 aliphatic heterocycles. The highest BCUT2D eigenvalue weighted by molar-refractivity contribution is 6.11. The van der Waals surface area contributed by atoms with E-state index in [0.29, 0.717) is 12.3 Å². The summed E-state index contributed by atoms with van der Waals surface area (Å²) in [5.74, 6) is -1.40. The van der Waals surface area contributed by atoms with Gasteiger partial charge in [-0.25, -0.2) is 0 Å². The zero-order valence-corrected chi connectivity index (χ0v) is 13.5. The van der Waals surface area contributed by atoms with Gasteiger partial charge in [0.15, 0.2) is 0 Å². The fraction of sp³-hybridized carbons (Fsp3) is 0.750. The Labute approximate surface area is 130 Å². The van der Waals surface area contributed by atoms with Crippen LogP contribution in [0.15, 0.2) is 0 Å². The minimum Gasteiger partial charge on any atom is -0.275 e. The molecule has 0 radical (unpaired) electrons. The summed E-state index contributed by atoms with van der Waals surface area (Å²) in [5.41, 5.74) is 0. The summed E-state index contributed by atoms with van der Waals surface area (Å²) in [6.45, 7) is 4.08. The van der Waals surface area contributed by atoms with Gasteiger partial charge in [-0.1, -0.05) is 32.1 Å². The van der Waals surface area contributed by atoms with Crippen LogP contribution < -0.4 is 0 Å². The molecule has 1 heterocycles. The Morgan fingerprint density at radius 1 is 0.955 bits per heavy atom. The third-order valence-corrected chi connectivity index (χ3v) is 4.78. The first-order valence-corrected chi connectivity index (χ1v) is 8.02. The molecule has 6 nitrogen and oxygen atoms in total. The summed E-state index contributed by atoms with van der Waals surface area (Å²) in [4.78, 5) is 50.8. The van der Waals surface area contributed by atoms with Crippen LogP contribution in [0.3, 0.4) is 0 Å². The minimum atomic E-state index is -0.906. The number of carbonyl (C=O) groups is 4. The maximum Gasteiger partial charge on any atom is 0.253 e. The standard InChI is InChI=1S/C16H24N2O4/c1-10-15(21)18(12(3)20)14(16(22)17(10)11(2)19)9-13-7-5-4-6-8-13/h10,13-14H,4-9H2,1-3H3/t10-,14-/m1/s1. The molecule has 0 bridgehead atoms. The Kier molecular flexibility index (Phi) is 4.98. The van der Waals surface area contributed by atoms with Crippen LogP contribution in [0, 0.1) is 5.92 Å². The Bertz CT molecular complexity index is 496. The lowest BCUT2D eigenvalue weighted by Crippen LogP contribution is -2.66. The largest absolute Gasteiger partial charge is 0.275 e. The quantitative estimate of drug-likeness (QED) is 0.774. The number of carbonyl (C=O) groups excluding carboxylic acids is 4. The Balaban J connectivity index is 2.27. The molecule has 1 saturated heterocycles. The smallest absolute Gasteiger partial charge is 0.253 e. The molecule has 0 spiro atoms. The molecule has 0 N–H and O–H groups in total. The molecule has 2 rings (SSSR count). The van der Waals surface area contributed by atoms with E-state index in [0.717, 1.165) is 35.5 Å². The highest BCUT2D eigenvalue weighted by atomic mass is 16.2. The van der Waals surface area contributed by atoms with E-state index in [-0.39, 0.29) is 0 Å². The van der Waals surface area contributed by atoms with Gasteiger partial charge in [0.25, 0.3) is 11.8 Å². The summed E-state index contributed by atoms with van der Waals surface area (Å²) in [6, 6.07) is -1.73. The molecule has 2 fully saturated rings. The van der Waals surface area contributed by atoms with E-state index in [2.05, 4.69) is 0 Å². The maximum absolute atomic E-state index is 12.7. The van der Waals surface area contributed by atoms with Crippen LogP contribution in [-0.4, -0.2) is 45.5 Å². The van der Waals surface area contributed by atoms with Crippen molar-refractivity contribution in [3.63, 3.8) is 0 Å². The van der Waals surface area contributed by atoms with E-state index in [9.17, 15) is 19.2 Å². The second kappa shape index (κ2) is 6.58. The molecule has 0 aromatic carbocycles. The van der Waals surface area contributed by atoms with Crippen LogP contribution in [0.1, 0.15) is 59.3 Å². The molecule has 6 heteroatoms. The van der Waals surface area contributed by atoms with Crippen molar-refractivity contribution in [1.82, 2.24) is 9.80 Å². The molecule has 2 atom stereocenters. The molecule has 0 unspecified atom stereocenters. The van der Waals surface area contributed by atoms with E-state index in [1.165, 1.54) is 27.2 Å². The zero-order valence-electron chi connectivity index (χ0n) is 13.5. The van der Waals surface area contributed by atoms with Crippen molar-refractivity contribution in [2.45, 2.75) is 71.4 Å². The number of amides is 4. The van der Waals surface area contributed by atoms with Crippen LogP contribution in [-0.2, 0) is 19.2 Å². The van der Waals surface area contributed by atoms with Crippen molar-refractivity contribution in [2.24, 2.45) is 5.92 Å². The van der Waals surface area contributed by atoms with Crippen molar-refractivity contribution in [2.75, 3.05) is 0 Å².